The molecule has 4 heteroatoms. The van der Waals surface area contributed by atoms with Crippen LogP contribution in [0.3, 0.4) is 0 Å². The SMILES string of the molecule is c1ccc(-c2ccc(N(c3ccccc3)c3ccc4sc5ccc(N(c6ccccc6)c6ccc7c(c6)sc6ccccc67)cc5c4c3)cc2)cc1. The quantitative estimate of drug-likeness (QED) is 0.163. The van der Waals surface area contributed by atoms with Crippen molar-refractivity contribution in [3.63, 3.8) is 0 Å². The first kappa shape index (κ1) is 30.6. The molecule has 0 aliphatic heterocycles. The molecule has 0 fully saturated rings. The monoisotopic (exact) mass is 700 g/mol. The van der Waals surface area contributed by atoms with Crippen molar-refractivity contribution >= 4 is 97.1 Å². The van der Waals surface area contributed by atoms with E-state index < -0.39 is 0 Å². The number of thiophene rings is 2. The molecule has 0 aliphatic carbocycles. The molecule has 0 atom stereocenters. The van der Waals surface area contributed by atoms with Crippen molar-refractivity contribution < 1.29 is 0 Å². The maximum Gasteiger partial charge on any atom is 0.0476 e. The Morgan fingerprint density at radius 3 is 1.29 bits per heavy atom. The molecule has 0 saturated heterocycles. The van der Waals surface area contributed by atoms with Crippen molar-refractivity contribution in [1.82, 2.24) is 0 Å². The molecular weight excluding hydrogens is 669 g/mol. The summed E-state index contributed by atoms with van der Waals surface area (Å²) in [6.07, 6.45) is 0. The number of para-hydroxylation sites is 2. The van der Waals surface area contributed by atoms with E-state index in [2.05, 4.69) is 204 Å². The lowest BCUT2D eigenvalue weighted by Gasteiger charge is -2.26. The average molecular weight is 701 g/mol. The second-order valence-electron chi connectivity index (χ2n) is 13.0. The summed E-state index contributed by atoms with van der Waals surface area (Å²) < 4.78 is 5.17. The topological polar surface area (TPSA) is 6.48 Å². The van der Waals surface area contributed by atoms with Crippen LogP contribution in [0, 0.1) is 0 Å². The molecule has 0 amide bonds. The fraction of sp³-hybridized carbons (Fsp3) is 0. The van der Waals surface area contributed by atoms with Crippen LogP contribution in [0.4, 0.5) is 34.1 Å². The van der Waals surface area contributed by atoms with Gasteiger partial charge in [-0.2, -0.15) is 0 Å². The van der Waals surface area contributed by atoms with Crippen molar-refractivity contribution in [2.45, 2.75) is 0 Å². The summed E-state index contributed by atoms with van der Waals surface area (Å²) in [5.74, 6) is 0. The lowest BCUT2D eigenvalue weighted by Crippen LogP contribution is -2.10. The molecule has 0 aliphatic rings. The lowest BCUT2D eigenvalue weighted by molar-refractivity contribution is 1.29. The summed E-state index contributed by atoms with van der Waals surface area (Å²) in [6.45, 7) is 0. The van der Waals surface area contributed by atoms with Crippen molar-refractivity contribution in [3.8, 4) is 11.1 Å². The maximum absolute atomic E-state index is 2.39. The van der Waals surface area contributed by atoms with Crippen LogP contribution >= 0.6 is 22.7 Å². The normalized spacial score (nSPS) is 11.5. The van der Waals surface area contributed by atoms with Gasteiger partial charge in [-0.05, 0) is 102 Å². The van der Waals surface area contributed by atoms with Crippen LogP contribution in [0.5, 0.6) is 0 Å². The van der Waals surface area contributed by atoms with Gasteiger partial charge in [0.1, 0.15) is 0 Å². The Hall–Kier alpha value is -6.20. The number of benzene rings is 8. The van der Waals surface area contributed by atoms with Gasteiger partial charge in [0.15, 0.2) is 0 Å². The first-order valence-electron chi connectivity index (χ1n) is 17.5. The molecule has 10 aromatic rings. The molecule has 2 nitrogen and oxygen atoms in total. The molecule has 0 saturated carbocycles. The molecule has 0 unspecified atom stereocenters. The Morgan fingerprint density at radius 2 is 0.654 bits per heavy atom. The number of hydrogen-bond acceptors (Lipinski definition) is 4. The van der Waals surface area contributed by atoms with Gasteiger partial charge >= 0.3 is 0 Å². The molecule has 10 rings (SSSR count). The molecular formula is C48H32N2S2. The minimum atomic E-state index is 1.12. The van der Waals surface area contributed by atoms with E-state index in [0.717, 1.165) is 34.1 Å². The third-order valence-corrected chi connectivity index (χ3v) is 12.1. The molecule has 52 heavy (non-hydrogen) atoms. The summed E-state index contributed by atoms with van der Waals surface area (Å²) in [6, 6.07) is 70.3. The van der Waals surface area contributed by atoms with Gasteiger partial charge in [0.05, 0.1) is 0 Å². The largest absolute Gasteiger partial charge is 0.310 e. The van der Waals surface area contributed by atoms with Gasteiger partial charge in [0, 0.05) is 74.5 Å². The van der Waals surface area contributed by atoms with Gasteiger partial charge in [-0.15, -0.1) is 22.7 Å². The van der Waals surface area contributed by atoms with Crippen LogP contribution in [-0.4, -0.2) is 0 Å². The van der Waals surface area contributed by atoms with Gasteiger partial charge in [0.25, 0.3) is 0 Å². The van der Waals surface area contributed by atoms with Gasteiger partial charge in [-0.1, -0.05) is 103 Å². The minimum Gasteiger partial charge on any atom is -0.310 e. The van der Waals surface area contributed by atoms with Crippen LogP contribution in [0.2, 0.25) is 0 Å². The molecule has 0 bridgehead atoms. The highest BCUT2D eigenvalue weighted by molar-refractivity contribution is 7.26. The molecule has 0 spiro atoms. The van der Waals surface area contributed by atoms with Crippen LogP contribution in [0.25, 0.3) is 51.5 Å². The summed E-state index contributed by atoms with van der Waals surface area (Å²) in [4.78, 5) is 4.75. The zero-order chi connectivity index (χ0) is 34.4. The third-order valence-electron chi connectivity index (χ3n) is 9.83. The second-order valence-corrected chi connectivity index (χ2v) is 15.2. The third kappa shape index (κ3) is 5.41. The molecule has 246 valence electrons. The van der Waals surface area contributed by atoms with Crippen LogP contribution < -0.4 is 9.80 Å². The number of hydrogen-bond donors (Lipinski definition) is 0. The van der Waals surface area contributed by atoms with E-state index in [9.17, 15) is 0 Å². The molecule has 2 aromatic heterocycles. The Morgan fingerprint density at radius 1 is 0.250 bits per heavy atom. The smallest absolute Gasteiger partial charge is 0.0476 e. The van der Waals surface area contributed by atoms with E-state index in [1.165, 1.54) is 51.5 Å². The van der Waals surface area contributed by atoms with E-state index in [-0.39, 0.29) is 0 Å². The van der Waals surface area contributed by atoms with Crippen molar-refractivity contribution in [2.24, 2.45) is 0 Å². The van der Waals surface area contributed by atoms with Gasteiger partial charge < -0.3 is 9.80 Å². The summed E-state index contributed by atoms with van der Waals surface area (Å²) in [7, 11) is 0. The van der Waals surface area contributed by atoms with E-state index in [1.807, 2.05) is 22.7 Å². The predicted octanol–water partition coefficient (Wildman–Crippen LogP) is 15.0. The molecule has 0 N–H and O–H groups in total. The first-order valence-corrected chi connectivity index (χ1v) is 19.1. The summed E-state index contributed by atoms with van der Waals surface area (Å²) in [5, 5.41) is 5.14. The molecule has 8 aromatic carbocycles. The van der Waals surface area contributed by atoms with E-state index in [0.29, 0.717) is 0 Å². The van der Waals surface area contributed by atoms with E-state index >= 15 is 0 Å². The van der Waals surface area contributed by atoms with Crippen LogP contribution in [0.1, 0.15) is 0 Å². The zero-order valence-electron chi connectivity index (χ0n) is 28.2. The number of fused-ring (bicyclic) bond motifs is 6. The number of nitrogens with zero attached hydrogens (tertiary/aromatic N) is 2. The highest BCUT2D eigenvalue weighted by atomic mass is 32.1. The first-order chi connectivity index (χ1) is 25.8. The fourth-order valence-corrected chi connectivity index (χ4v) is 9.57. The highest BCUT2D eigenvalue weighted by Gasteiger charge is 2.18. The number of anilines is 6. The Bertz CT molecular complexity index is 2840. The zero-order valence-corrected chi connectivity index (χ0v) is 29.8. The highest BCUT2D eigenvalue weighted by Crippen LogP contribution is 2.45. The van der Waals surface area contributed by atoms with Crippen molar-refractivity contribution in [1.29, 1.82) is 0 Å². The Balaban J connectivity index is 1.10. The van der Waals surface area contributed by atoms with Crippen LogP contribution in [0.15, 0.2) is 194 Å². The molecule has 0 radical (unpaired) electrons. The fourth-order valence-electron chi connectivity index (χ4n) is 7.37. The number of rotatable bonds is 7. The summed E-state index contributed by atoms with van der Waals surface area (Å²) in [5.41, 5.74) is 9.23. The Labute approximate surface area is 310 Å². The average Bonchev–Trinajstić information content (AvgIpc) is 3.77. The Kier molecular flexibility index (Phi) is 7.56. The lowest BCUT2D eigenvalue weighted by atomic mass is 10.0. The van der Waals surface area contributed by atoms with Crippen molar-refractivity contribution in [3.05, 3.63) is 194 Å². The van der Waals surface area contributed by atoms with E-state index in [4.69, 9.17) is 0 Å². The maximum atomic E-state index is 2.39. The minimum absolute atomic E-state index is 1.12. The van der Waals surface area contributed by atoms with Crippen molar-refractivity contribution in [2.75, 3.05) is 9.80 Å². The van der Waals surface area contributed by atoms with Gasteiger partial charge in [-0.3, -0.25) is 0 Å². The molecule has 2 heterocycles. The standard InChI is InChI=1S/C48H32N2S2/c1-4-12-33(13-5-1)34-20-22-37(23-21-34)49(35-14-6-2-7-15-35)38-25-28-46-43(30-38)44-31-39(26-29-47(44)51-46)50(36-16-8-3-9-17-36)40-24-27-42-41-18-10-11-19-45(41)52-48(42)32-40/h1-32H. The van der Waals surface area contributed by atoms with Gasteiger partial charge in [0.2, 0.25) is 0 Å². The van der Waals surface area contributed by atoms with Crippen LogP contribution in [-0.2, 0) is 0 Å². The van der Waals surface area contributed by atoms with E-state index in [1.54, 1.807) is 0 Å². The second kappa shape index (κ2) is 12.8. The van der Waals surface area contributed by atoms with Gasteiger partial charge in [-0.25, -0.2) is 0 Å². The predicted molar refractivity (Wildman–Crippen MR) is 227 cm³/mol. The summed E-state index contributed by atoms with van der Waals surface area (Å²) >= 11 is 3.71.